The maximum atomic E-state index is 11.7. The van der Waals surface area contributed by atoms with E-state index in [0.717, 1.165) is 11.3 Å². The Morgan fingerprint density at radius 1 is 1.19 bits per heavy atom. The topological polar surface area (TPSA) is 86.5 Å². The number of ether oxygens (including phenoxy) is 1. The van der Waals surface area contributed by atoms with E-state index in [-0.39, 0.29) is 17.0 Å². The number of nitrogens with zero attached hydrogens (tertiary/aromatic N) is 1. The standard InChI is InChI=1S/C13H8ClNO5S/c14-12-6-5-11(21-12)10(16)7-20-13(17)8-1-3-9(4-2-8)15(18)19/h1-6H,7H2. The van der Waals surface area contributed by atoms with Crippen molar-refractivity contribution in [2.75, 3.05) is 6.61 Å². The molecule has 1 aromatic carbocycles. The summed E-state index contributed by atoms with van der Waals surface area (Å²) in [5, 5.41) is 10.5. The quantitative estimate of drug-likeness (QED) is 0.364. The third-order valence-electron chi connectivity index (χ3n) is 2.50. The summed E-state index contributed by atoms with van der Waals surface area (Å²) in [5.74, 6) is -1.08. The van der Waals surface area contributed by atoms with Gasteiger partial charge in [0.25, 0.3) is 5.69 Å². The summed E-state index contributed by atoms with van der Waals surface area (Å²) in [5.41, 5.74) is 0.00784. The molecule has 0 aliphatic rings. The minimum atomic E-state index is -0.721. The normalized spacial score (nSPS) is 10.1. The van der Waals surface area contributed by atoms with E-state index in [2.05, 4.69) is 0 Å². The van der Waals surface area contributed by atoms with Crippen molar-refractivity contribution in [3.63, 3.8) is 0 Å². The van der Waals surface area contributed by atoms with Gasteiger partial charge in [-0.3, -0.25) is 14.9 Å². The van der Waals surface area contributed by atoms with E-state index >= 15 is 0 Å². The van der Waals surface area contributed by atoms with E-state index < -0.39 is 17.5 Å². The highest BCUT2D eigenvalue weighted by atomic mass is 35.5. The third kappa shape index (κ3) is 3.87. The van der Waals surface area contributed by atoms with Crippen molar-refractivity contribution in [1.82, 2.24) is 0 Å². The smallest absolute Gasteiger partial charge is 0.338 e. The average Bonchev–Trinajstić information content (AvgIpc) is 2.91. The number of Topliss-reactive ketones (excluding diaryl/α,β-unsaturated/α-hetero) is 1. The van der Waals surface area contributed by atoms with Crippen LogP contribution < -0.4 is 0 Å². The lowest BCUT2D eigenvalue weighted by atomic mass is 10.2. The largest absolute Gasteiger partial charge is 0.454 e. The summed E-state index contributed by atoms with van der Waals surface area (Å²) in [6.07, 6.45) is 0. The fraction of sp³-hybridized carbons (Fsp3) is 0.0769. The molecule has 0 aliphatic heterocycles. The van der Waals surface area contributed by atoms with Gasteiger partial charge >= 0.3 is 5.97 Å². The molecule has 21 heavy (non-hydrogen) atoms. The van der Waals surface area contributed by atoms with Crippen molar-refractivity contribution in [3.8, 4) is 0 Å². The third-order valence-corrected chi connectivity index (χ3v) is 3.77. The van der Waals surface area contributed by atoms with Gasteiger partial charge < -0.3 is 4.74 Å². The molecule has 2 aromatic rings. The van der Waals surface area contributed by atoms with Gasteiger partial charge in [0.2, 0.25) is 5.78 Å². The molecule has 1 heterocycles. The lowest BCUT2D eigenvalue weighted by molar-refractivity contribution is -0.384. The summed E-state index contributed by atoms with van der Waals surface area (Å²) >= 11 is 6.81. The molecule has 0 aliphatic carbocycles. The highest BCUT2D eigenvalue weighted by Crippen LogP contribution is 2.22. The number of halogens is 1. The molecule has 0 unspecified atom stereocenters. The number of esters is 1. The Morgan fingerprint density at radius 2 is 1.86 bits per heavy atom. The van der Waals surface area contributed by atoms with Crippen LogP contribution in [0.2, 0.25) is 4.34 Å². The molecule has 8 heteroatoms. The second-order valence-electron chi connectivity index (χ2n) is 3.91. The zero-order valence-electron chi connectivity index (χ0n) is 10.4. The minimum absolute atomic E-state index is 0.129. The molecule has 108 valence electrons. The lowest BCUT2D eigenvalue weighted by Gasteiger charge is -2.03. The number of rotatable bonds is 5. The molecule has 2 rings (SSSR count). The Kier molecular flexibility index (Phi) is 4.66. The number of nitro groups is 1. The van der Waals surface area contributed by atoms with E-state index in [0.29, 0.717) is 9.21 Å². The van der Waals surface area contributed by atoms with Crippen LogP contribution in [-0.4, -0.2) is 23.3 Å². The van der Waals surface area contributed by atoms with E-state index in [1.807, 2.05) is 0 Å². The van der Waals surface area contributed by atoms with Gasteiger partial charge in [-0.2, -0.15) is 0 Å². The first-order chi connectivity index (χ1) is 9.97. The molecule has 0 atom stereocenters. The van der Waals surface area contributed by atoms with Crippen molar-refractivity contribution in [2.45, 2.75) is 0 Å². The van der Waals surface area contributed by atoms with Crippen LogP contribution in [0, 0.1) is 10.1 Å². The Balaban J connectivity index is 1.95. The van der Waals surface area contributed by atoms with Crippen molar-refractivity contribution >= 4 is 40.4 Å². The van der Waals surface area contributed by atoms with Gasteiger partial charge in [0.1, 0.15) is 0 Å². The number of carbonyl (C=O) groups is 2. The van der Waals surface area contributed by atoms with Gasteiger partial charge in [-0.25, -0.2) is 4.79 Å². The number of benzene rings is 1. The summed E-state index contributed by atoms with van der Waals surface area (Å²) in [6.45, 7) is -0.410. The first-order valence-electron chi connectivity index (χ1n) is 5.67. The number of carbonyl (C=O) groups excluding carboxylic acids is 2. The van der Waals surface area contributed by atoms with Gasteiger partial charge in [0.15, 0.2) is 6.61 Å². The van der Waals surface area contributed by atoms with Crippen LogP contribution in [-0.2, 0) is 4.74 Å². The van der Waals surface area contributed by atoms with E-state index in [1.54, 1.807) is 12.1 Å². The first-order valence-corrected chi connectivity index (χ1v) is 6.87. The Hall–Kier alpha value is -2.25. The van der Waals surface area contributed by atoms with Gasteiger partial charge in [-0.1, -0.05) is 11.6 Å². The molecule has 0 saturated carbocycles. The average molecular weight is 326 g/mol. The van der Waals surface area contributed by atoms with E-state index in [4.69, 9.17) is 16.3 Å². The first kappa shape index (κ1) is 15.1. The number of hydrogen-bond acceptors (Lipinski definition) is 6. The molecular weight excluding hydrogens is 318 g/mol. The zero-order chi connectivity index (χ0) is 15.4. The van der Waals surface area contributed by atoms with Crippen LogP contribution in [0.15, 0.2) is 36.4 Å². The highest BCUT2D eigenvalue weighted by Gasteiger charge is 2.14. The number of nitro benzene ring substituents is 1. The molecule has 0 saturated heterocycles. The van der Waals surface area contributed by atoms with Crippen LogP contribution in [0.5, 0.6) is 0 Å². The van der Waals surface area contributed by atoms with E-state index in [9.17, 15) is 19.7 Å². The van der Waals surface area contributed by atoms with Crippen LogP contribution in [0.1, 0.15) is 20.0 Å². The summed E-state index contributed by atoms with van der Waals surface area (Å²) in [4.78, 5) is 33.7. The van der Waals surface area contributed by atoms with Crippen LogP contribution in [0.3, 0.4) is 0 Å². The Bertz CT molecular complexity index is 695. The summed E-state index contributed by atoms with van der Waals surface area (Å²) in [7, 11) is 0. The van der Waals surface area contributed by atoms with Crippen LogP contribution in [0.4, 0.5) is 5.69 Å². The fourth-order valence-electron chi connectivity index (χ4n) is 1.47. The number of thiophene rings is 1. The Morgan fingerprint density at radius 3 is 2.38 bits per heavy atom. The maximum Gasteiger partial charge on any atom is 0.338 e. The predicted molar refractivity (Wildman–Crippen MR) is 77.0 cm³/mol. The van der Waals surface area contributed by atoms with Crippen molar-refractivity contribution in [2.24, 2.45) is 0 Å². The molecule has 0 bridgehead atoms. The molecule has 0 N–H and O–H groups in total. The molecule has 0 amide bonds. The predicted octanol–water partition coefficient (Wildman–Crippen LogP) is 3.35. The van der Waals surface area contributed by atoms with Crippen molar-refractivity contribution in [1.29, 1.82) is 0 Å². The monoisotopic (exact) mass is 325 g/mol. The molecule has 0 radical (unpaired) electrons. The Labute approximate surface area is 128 Å². The molecule has 0 spiro atoms. The zero-order valence-corrected chi connectivity index (χ0v) is 12.0. The minimum Gasteiger partial charge on any atom is -0.454 e. The molecule has 6 nitrogen and oxygen atoms in total. The highest BCUT2D eigenvalue weighted by molar-refractivity contribution is 7.18. The molecular formula is C13H8ClNO5S. The van der Waals surface area contributed by atoms with Crippen molar-refractivity contribution in [3.05, 3.63) is 61.3 Å². The number of ketones is 1. The fourth-order valence-corrected chi connectivity index (χ4v) is 2.44. The molecule has 1 aromatic heterocycles. The van der Waals surface area contributed by atoms with Crippen LogP contribution >= 0.6 is 22.9 Å². The second-order valence-corrected chi connectivity index (χ2v) is 5.62. The van der Waals surface area contributed by atoms with E-state index in [1.165, 1.54) is 24.3 Å². The van der Waals surface area contributed by atoms with Crippen molar-refractivity contribution < 1.29 is 19.2 Å². The van der Waals surface area contributed by atoms with Gasteiger partial charge in [0.05, 0.1) is 19.7 Å². The van der Waals surface area contributed by atoms with Gasteiger partial charge in [-0.05, 0) is 24.3 Å². The summed E-state index contributed by atoms with van der Waals surface area (Å²) in [6, 6.07) is 8.06. The summed E-state index contributed by atoms with van der Waals surface area (Å²) < 4.78 is 5.33. The number of hydrogen-bond donors (Lipinski definition) is 0. The molecule has 0 fully saturated rings. The maximum absolute atomic E-state index is 11.7. The van der Waals surface area contributed by atoms with Crippen LogP contribution in [0.25, 0.3) is 0 Å². The van der Waals surface area contributed by atoms with Gasteiger partial charge in [-0.15, -0.1) is 11.3 Å². The van der Waals surface area contributed by atoms with Gasteiger partial charge in [0, 0.05) is 12.1 Å². The second kappa shape index (κ2) is 6.47. The SMILES string of the molecule is O=C(OCC(=O)c1ccc(Cl)s1)c1ccc([N+](=O)[O-])cc1. The number of non-ortho nitro benzene ring substituents is 1. The lowest BCUT2D eigenvalue weighted by Crippen LogP contribution is -2.13.